The molecule has 1 aliphatic heterocycles. The number of rotatable bonds is 8. The van der Waals surface area contributed by atoms with Crippen molar-refractivity contribution in [2.24, 2.45) is 0 Å². The smallest absolute Gasteiger partial charge is 0.278 e. The van der Waals surface area contributed by atoms with Crippen LogP contribution < -0.4 is 10.1 Å². The molecule has 0 radical (unpaired) electrons. The Bertz CT molecular complexity index is 1320. The molecule has 1 aromatic carbocycles. The number of methoxy groups -OCH3 is 1. The summed E-state index contributed by atoms with van der Waals surface area (Å²) in [6.07, 6.45) is 3.08. The predicted molar refractivity (Wildman–Crippen MR) is 135 cm³/mol. The molecule has 0 saturated carbocycles. The number of nitrogens with one attached hydrogen (secondary N) is 2. The van der Waals surface area contributed by atoms with Crippen molar-refractivity contribution >= 4 is 21.7 Å². The Morgan fingerprint density at radius 1 is 1.19 bits per heavy atom. The third-order valence-corrected chi connectivity index (χ3v) is 8.18. The monoisotopic (exact) mass is 517 g/mol. The topological polar surface area (TPSA) is 116 Å². The van der Waals surface area contributed by atoms with Crippen LogP contribution in [0.4, 0.5) is 16.0 Å². The second kappa shape index (κ2) is 10.5. The van der Waals surface area contributed by atoms with Crippen molar-refractivity contribution in [2.75, 3.05) is 39.6 Å². The van der Waals surface area contributed by atoms with Gasteiger partial charge in [-0.25, -0.2) is 17.8 Å². The first-order valence-corrected chi connectivity index (χ1v) is 13.2. The summed E-state index contributed by atoms with van der Waals surface area (Å²) in [5, 5.41) is 10.9. The van der Waals surface area contributed by atoms with Gasteiger partial charge in [0.15, 0.2) is 0 Å². The summed E-state index contributed by atoms with van der Waals surface area (Å²) in [4.78, 5) is 9.05. The van der Waals surface area contributed by atoms with Crippen LogP contribution in [-0.2, 0) is 10.0 Å². The minimum absolute atomic E-state index is 0.0326. The van der Waals surface area contributed by atoms with Gasteiger partial charge in [0.1, 0.15) is 5.82 Å². The number of hydrogen-bond acceptors (Lipinski definition) is 8. The number of ether oxygens (including phenoxy) is 1. The summed E-state index contributed by atoms with van der Waals surface area (Å²) in [6.45, 7) is 4.73. The van der Waals surface area contributed by atoms with Crippen molar-refractivity contribution in [3.8, 4) is 17.0 Å². The van der Waals surface area contributed by atoms with E-state index in [9.17, 15) is 12.8 Å². The predicted octanol–water partition coefficient (Wildman–Crippen LogP) is 3.60. The molecule has 1 saturated heterocycles. The lowest BCUT2D eigenvalue weighted by Crippen LogP contribution is -2.44. The molecule has 36 heavy (non-hydrogen) atoms. The van der Waals surface area contributed by atoms with Crippen molar-refractivity contribution in [3.63, 3.8) is 0 Å². The second-order valence-corrected chi connectivity index (χ2v) is 11.2. The first-order valence-electron chi connectivity index (χ1n) is 11.8. The minimum Gasteiger partial charge on any atom is -0.481 e. The summed E-state index contributed by atoms with van der Waals surface area (Å²) >= 11 is 0. The normalized spacial score (nSPS) is 15.6. The zero-order valence-corrected chi connectivity index (χ0v) is 21.9. The first-order chi connectivity index (χ1) is 17.1. The molecule has 12 heteroatoms. The number of halogens is 1. The van der Waals surface area contributed by atoms with Gasteiger partial charge < -0.3 is 15.0 Å². The molecule has 0 aliphatic carbocycles. The average molecular weight is 518 g/mol. The molecule has 0 spiro atoms. The second-order valence-electron chi connectivity index (χ2n) is 9.36. The van der Waals surface area contributed by atoms with Crippen LogP contribution in [0.5, 0.6) is 5.88 Å². The van der Waals surface area contributed by atoms with Crippen LogP contribution in [0.15, 0.2) is 35.6 Å². The summed E-state index contributed by atoms with van der Waals surface area (Å²) in [5.41, 5.74) is 2.53. The molecule has 194 valence electrons. The van der Waals surface area contributed by atoms with Crippen LogP contribution in [0.3, 0.4) is 0 Å². The number of hydrogen-bond donors (Lipinski definition) is 2. The van der Waals surface area contributed by atoms with Gasteiger partial charge in [0.2, 0.25) is 11.8 Å². The lowest BCUT2D eigenvalue weighted by atomic mass is 9.94. The molecule has 0 atom stereocenters. The molecule has 10 nitrogen and oxygen atoms in total. The van der Waals surface area contributed by atoms with Crippen molar-refractivity contribution in [1.82, 2.24) is 29.4 Å². The van der Waals surface area contributed by atoms with Gasteiger partial charge in [-0.15, -0.1) is 10.2 Å². The number of piperidine rings is 1. The number of anilines is 2. The third kappa shape index (κ3) is 5.35. The zero-order valence-electron chi connectivity index (χ0n) is 21.1. The molecule has 2 aromatic heterocycles. The van der Waals surface area contributed by atoms with Crippen molar-refractivity contribution in [3.05, 3.63) is 41.8 Å². The maximum absolute atomic E-state index is 14.6. The Morgan fingerprint density at radius 3 is 2.56 bits per heavy atom. The van der Waals surface area contributed by atoms with E-state index in [4.69, 9.17) is 4.74 Å². The van der Waals surface area contributed by atoms with Crippen LogP contribution in [0.2, 0.25) is 0 Å². The highest BCUT2D eigenvalue weighted by Gasteiger charge is 2.32. The molecule has 3 heterocycles. The van der Waals surface area contributed by atoms with E-state index >= 15 is 0 Å². The van der Waals surface area contributed by atoms with Gasteiger partial charge in [-0.1, -0.05) is 13.8 Å². The van der Waals surface area contributed by atoms with Crippen LogP contribution >= 0.6 is 0 Å². The summed E-state index contributed by atoms with van der Waals surface area (Å²) in [5.74, 6) is 0.110. The number of pyridine rings is 1. The van der Waals surface area contributed by atoms with Crippen LogP contribution in [0.1, 0.15) is 38.2 Å². The van der Waals surface area contributed by atoms with E-state index in [1.165, 1.54) is 23.5 Å². The average Bonchev–Trinajstić information content (AvgIpc) is 3.34. The highest BCUT2D eigenvalue weighted by molar-refractivity contribution is 7.88. The third-order valence-electron chi connectivity index (χ3n) is 6.46. The van der Waals surface area contributed by atoms with Gasteiger partial charge in [0, 0.05) is 37.0 Å². The molecule has 0 bridgehead atoms. The van der Waals surface area contributed by atoms with Gasteiger partial charge in [0.05, 0.1) is 12.8 Å². The number of sulfonamides is 1. The Balaban J connectivity index is 1.66. The maximum atomic E-state index is 14.6. The number of nitrogens with zero attached hydrogens (tertiary/aromatic N) is 5. The molecular formula is C24H32FN7O3S. The minimum atomic E-state index is -3.83. The zero-order chi connectivity index (χ0) is 26.0. The van der Waals surface area contributed by atoms with Crippen molar-refractivity contribution < 1.29 is 17.5 Å². The summed E-state index contributed by atoms with van der Waals surface area (Å²) < 4.78 is 47.7. The highest BCUT2D eigenvalue weighted by atomic mass is 32.2. The van der Waals surface area contributed by atoms with E-state index in [-0.39, 0.29) is 17.0 Å². The lowest BCUT2D eigenvalue weighted by molar-refractivity contribution is 0.196. The van der Waals surface area contributed by atoms with Gasteiger partial charge in [-0.05, 0) is 62.2 Å². The van der Waals surface area contributed by atoms with Crippen LogP contribution in [-0.4, -0.2) is 78.1 Å². The molecule has 3 aromatic rings. The summed E-state index contributed by atoms with van der Waals surface area (Å²) in [7, 11) is 1.68. The maximum Gasteiger partial charge on any atom is 0.278 e. The fraction of sp³-hybridized carbons (Fsp3) is 0.458. The number of H-pyrrole nitrogens is 1. The number of benzene rings is 1. The van der Waals surface area contributed by atoms with Gasteiger partial charge in [0.25, 0.3) is 15.2 Å². The van der Waals surface area contributed by atoms with E-state index in [1.54, 1.807) is 18.3 Å². The number of aromatic amines is 1. The molecule has 0 amide bonds. The lowest BCUT2D eigenvalue weighted by Gasteiger charge is -2.33. The Morgan fingerprint density at radius 2 is 1.92 bits per heavy atom. The Hall–Kier alpha value is -3.09. The van der Waals surface area contributed by atoms with Crippen LogP contribution in [0, 0.1) is 5.82 Å². The molecule has 4 rings (SSSR count). The van der Waals surface area contributed by atoms with E-state index in [0.29, 0.717) is 47.4 Å². The summed E-state index contributed by atoms with van der Waals surface area (Å²) in [6, 6.07) is 6.67. The molecule has 2 N–H and O–H groups in total. The Labute approximate surface area is 211 Å². The fourth-order valence-corrected chi connectivity index (χ4v) is 5.70. The van der Waals surface area contributed by atoms with Crippen molar-refractivity contribution in [2.45, 2.75) is 43.8 Å². The molecule has 1 aliphatic rings. The SMILES string of the molecule is COc1cc(-c2cc(F)cc(C(C)C)c2Nc2nnc(S(=O)(=O)N3CCC(N(C)C)CC3)[nH]2)ccn1. The fourth-order valence-electron chi connectivity index (χ4n) is 4.40. The quantitative estimate of drug-likeness (QED) is 0.466. The number of aromatic nitrogens is 4. The van der Waals surface area contributed by atoms with E-state index in [0.717, 1.165) is 12.8 Å². The van der Waals surface area contributed by atoms with E-state index in [1.807, 2.05) is 27.9 Å². The van der Waals surface area contributed by atoms with Gasteiger partial charge in [-0.3, -0.25) is 4.98 Å². The molecule has 0 unspecified atom stereocenters. The first kappa shape index (κ1) is 26.0. The van der Waals surface area contributed by atoms with Crippen LogP contribution in [0.25, 0.3) is 11.1 Å². The Kier molecular flexibility index (Phi) is 7.57. The molecular weight excluding hydrogens is 485 g/mol. The van der Waals surface area contributed by atoms with Crippen molar-refractivity contribution in [1.29, 1.82) is 0 Å². The van der Waals surface area contributed by atoms with E-state index < -0.39 is 15.8 Å². The van der Waals surface area contributed by atoms with Gasteiger partial charge >= 0.3 is 0 Å². The molecule has 1 fully saturated rings. The largest absolute Gasteiger partial charge is 0.481 e. The standard InChI is InChI=1S/C24H32FN7O3S/c1-15(2)19-13-17(25)14-20(16-6-9-26-21(12-16)35-5)22(19)27-23-28-24(30-29-23)36(33,34)32-10-7-18(8-11-32)31(3)4/h6,9,12-15,18H,7-8,10-11H2,1-5H3,(H2,27,28,29,30). The van der Waals surface area contributed by atoms with Gasteiger partial charge in [-0.2, -0.15) is 4.31 Å². The van der Waals surface area contributed by atoms with E-state index in [2.05, 4.69) is 30.4 Å². The highest BCUT2D eigenvalue weighted by Crippen LogP contribution is 2.38.